The van der Waals surface area contributed by atoms with Crippen LogP contribution in [0.15, 0.2) is 32.9 Å². The first-order chi connectivity index (χ1) is 12.7. The van der Waals surface area contributed by atoms with Crippen LogP contribution < -0.4 is 4.80 Å². The van der Waals surface area contributed by atoms with Crippen LogP contribution in [0.3, 0.4) is 0 Å². The number of ether oxygens (including phenoxy) is 1. The van der Waals surface area contributed by atoms with Crippen molar-refractivity contribution < 1.29 is 17.9 Å². The van der Waals surface area contributed by atoms with Crippen molar-refractivity contribution >= 4 is 60.5 Å². The van der Waals surface area contributed by atoms with Crippen LogP contribution in [0.5, 0.6) is 0 Å². The van der Waals surface area contributed by atoms with E-state index in [4.69, 9.17) is 16.3 Å². The van der Waals surface area contributed by atoms with Crippen molar-refractivity contribution in [3.63, 3.8) is 0 Å². The quantitative estimate of drug-likeness (QED) is 0.559. The van der Waals surface area contributed by atoms with Gasteiger partial charge in [-0.05, 0) is 56.2 Å². The molecule has 0 saturated heterocycles. The molecule has 2 heterocycles. The number of esters is 1. The van der Waals surface area contributed by atoms with E-state index in [9.17, 15) is 13.2 Å². The third-order valence-corrected chi connectivity index (χ3v) is 8.01. The third kappa shape index (κ3) is 4.26. The molecular formula is C17H17ClN2O4S3. The second kappa shape index (κ2) is 7.75. The van der Waals surface area contributed by atoms with Crippen molar-refractivity contribution in [3.05, 3.63) is 44.5 Å². The number of carbonyl (C=O) groups is 1. The van der Waals surface area contributed by atoms with Crippen molar-refractivity contribution in [3.8, 4) is 0 Å². The van der Waals surface area contributed by atoms with Crippen LogP contribution in [0.4, 0.5) is 0 Å². The van der Waals surface area contributed by atoms with Gasteiger partial charge in [-0.1, -0.05) is 22.9 Å². The second-order valence-electron chi connectivity index (χ2n) is 5.80. The van der Waals surface area contributed by atoms with E-state index < -0.39 is 16.0 Å². The first kappa shape index (κ1) is 20.1. The monoisotopic (exact) mass is 444 g/mol. The second-order valence-corrected chi connectivity index (χ2v) is 10.4. The van der Waals surface area contributed by atoms with Gasteiger partial charge in [-0.15, -0.1) is 15.7 Å². The average molecular weight is 445 g/mol. The predicted octanol–water partition coefficient (Wildman–Crippen LogP) is 3.89. The molecule has 0 bridgehead atoms. The number of fused-ring (bicyclic) bond motifs is 1. The van der Waals surface area contributed by atoms with E-state index in [0.29, 0.717) is 4.34 Å². The van der Waals surface area contributed by atoms with Gasteiger partial charge in [-0.25, -0.2) is 0 Å². The zero-order valence-corrected chi connectivity index (χ0v) is 18.1. The van der Waals surface area contributed by atoms with Crippen molar-refractivity contribution in [2.45, 2.75) is 31.5 Å². The van der Waals surface area contributed by atoms with Crippen LogP contribution in [0, 0.1) is 13.8 Å². The molecule has 0 N–H and O–H groups in total. The van der Waals surface area contributed by atoms with Gasteiger partial charge in [-0.3, -0.25) is 4.79 Å². The number of halogens is 1. The van der Waals surface area contributed by atoms with Gasteiger partial charge in [0.15, 0.2) is 0 Å². The number of aryl methyl sites for hydroxylation is 2. The molecule has 0 radical (unpaired) electrons. The smallest absolute Gasteiger partial charge is 0.326 e. The summed E-state index contributed by atoms with van der Waals surface area (Å²) in [5, 5.41) is 0. The Balaban J connectivity index is 2.23. The largest absolute Gasteiger partial charge is 0.465 e. The number of nitrogens with zero attached hydrogens (tertiary/aromatic N) is 2. The standard InChI is InChI=1S/C17H17ClN2O4S3/c1-4-24-15(21)9-20-12-7-10(2)11(3)8-13(12)25-17(20)19-27(22,23)16-6-5-14(18)26-16/h5-8H,4,9H2,1-3H3/b19-17-. The van der Waals surface area contributed by atoms with E-state index in [-0.39, 0.29) is 22.2 Å². The minimum atomic E-state index is -3.93. The lowest BCUT2D eigenvalue weighted by atomic mass is 10.1. The van der Waals surface area contributed by atoms with Gasteiger partial charge < -0.3 is 9.30 Å². The lowest BCUT2D eigenvalue weighted by molar-refractivity contribution is -0.143. The van der Waals surface area contributed by atoms with Gasteiger partial charge >= 0.3 is 5.97 Å². The number of hydrogen-bond donors (Lipinski definition) is 0. The van der Waals surface area contributed by atoms with E-state index in [1.165, 1.54) is 23.5 Å². The molecule has 10 heteroatoms. The Morgan fingerprint density at radius 2 is 1.93 bits per heavy atom. The molecule has 6 nitrogen and oxygen atoms in total. The number of carbonyl (C=O) groups excluding carboxylic acids is 1. The van der Waals surface area contributed by atoms with Gasteiger partial charge in [0.25, 0.3) is 10.0 Å². The van der Waals surface area contributed by atoms with E-state index in [1.54, 1.807) is 11.5 Å². The topological polar surface area (TPSA) is 77.7 Å². The normalized spacial score (nSPS) is 12.7. The third-order valence-electron chi connectivity index (χ3n) is 3.89. The highest BCUT2D eigenvalue weighted by molar-refractivity contribution is 7.92. The minimum absolute atomic E-state index is 0.0556. The van der Waals surface area contributed by atoms with Gasteiger partial charge in [-0.2, -0.15) is 8.42 Å². The van der Waals surface area contributed by atoms with E-state index in [1.807, 2.05) is 26.0 Å². The Morgan fingerprint density at radius 3 is 2.56 bits per heavy atom. The Bertz CT molecular complexity index is 1190. The van der Waals surface area contributed by atoms with Crippen LogP contribution in [0.25, 0.3) is 10.2 Å². The van der Waals surface area contributed by atoms with Crippen molar-refractivity contribution in [1.29, 1.82) is 0 Å². The SMILES string of the molecule is CCOC(=O)Cn1/c(=N/S(=O)(=O)c2ccc(Cl)s2)sc2cc(C)c(C)cc21. The molecule has 27 heavy (non-hydrogen) atoms. The molecule has 0 spiro atoms. The molecule has 0 unspecified atom stereocenters. The number of benzene rings is 1. The van der Waals surface area contributed by atoms with Crippen molar-refractivity contribution in [2.24, 2.45) is 4.40 Å². The minimum Gasteiger partial charge on any atom is -0.465 e. The summed E-state index contributed by atoms with van der Waals surface area (Å²) in [6, 6.07) is 6.82. The van der Waals surface area contributed by atoms with Gasteiger partial charge in [0, 0.05) is 0 Å². The van der Waals surface area contributed by atoms with Crippen LogP contribution in [0.2, 0.25) is 4.34 Å². The summed E-state index contributed by atoms with van der Waals surface area (Å²) < 4.78 is 37.2. The number of thiazole rings is 1. The molecule has 1 aromatic carbocycles. The van der Waals surface area contributed by atoms with E-state index in [2.05, 4.69) is 4.40 Å². The summed E-state index contributed by atoms with van der Waals surface area (Å²) in [7, 11) is -3.93. The molecule has 0 fully saturated rings. The predicted molar refractivity (Wildman–Crippen MR) is 108 cm³/mol. The Morgan fingerprint density at radius 1 is 1.22 bits per heavy atom. The Kier molecular flexibility index (Phi) is 5.76. The summed E-state index contributed by atoms with van der Waals surface area (Å²) in [4.78, 5) is 12.3. The molecule has 0 aliphatic rings. The molecule has 0 saturated carbocycles. The first-order valence-electron chi connectivity index (χ1n) is 8.04. The van der Waals surface area contributed by atoms with Crippen LogP contribution in [0.1, 0.15) is 18.1 Å². The summed E-state index contributed by atoms with van der Waals surface area (Å²) in [5.41, 5.74) is 2.86. The lowest BCUT2D eigenvalue weighted by Gasteiger charge is -2.06. The van der Waals surface area contributed by atoms with Gasteiger partial charge in [0.2, 0.25) is 4.80 Å². The van der Waals surface area contributed by atoms with E-state index >= 15 is 0 Å². The van der Waals surface area contributed by atoms with Crippen molar-refractivity contribution in [2.75, 3.05) is 6.61 Å². The molecular weight excluding hydrogens is 428 g/mol. The molecule has 0 aliphatic heterocycles. The van der Waals surface area contributed by atoms with Crippen LogP contribution in [-0.4, -0.2) is 25.6 Å². The van der Waals surface area contributed by atoms with Gasteiger partial charge in [0.1, 0.15) is 10.8 Å². The maximum absolute atomic E-state index is 12.7. The average Bonchev–Trinajstić information content (AvgIpc) is 3.14. The maximum Gasteiger partial charge on any atom is 0.326 e. The number of sulfonamides is 1. The number of aromatic nitrogens is 1. The highest BCUT2D eigenvalue weighted by atomic mass is 35.5. The van der Waals surface area contributed by atoms with Crippen LogP contribution in [-0.2, 0) is 26.1 Å². The fraction of sp³-hybridized carbons (Fsp3) is 0.294. The molecule has 0 atom stereocenters. The summed E-state index contributed by atoms with van der Waals surface area (Å²) in [6.45, 7) is 5.79. The summed E-state index contributed by atoms with van der Waals surface area (Å²) in [6.07, 6.45) is 0. The lowest BCUT2D eigenvalue weighted by Crippen LogP contribution is -2.23. The zero-order valence-electron chi connectivity index (χ0n) is 14.9. The van der Waals surface area contributed by atoms with Gasteiger partial charge in [0.05, 0.1) is 21.2 Å². The number of rotatable bonds is 5. The summed E-state index contributed by atoms with van der Waals surface area (Å²) >= 11 is 8.01. The zero-order chi connectivity index (χ0) is 19.8. The highest BCUT2D eigenvalue weighted by Crippen LogP contribution is 2.27. The fourth-order valence-corrected chi connectivity index (χ4v) is 6.24. The highest BCUT2D eigenvalue weighted by Gasteiger charge is 2.18. The number of hydrogen-bond acceptors (Lipinski definition) is 6. The number of thiophene rings is 1. The molecule has 0 aliphatic carbocycles. The molecule has 3 rings (SSSR count). The maximum atomic E-state index is 12.7. The molecule has 0 amide bonds. The van der Waals surface area contributed by atoms with E-state index in [0.717, 1.165) is 32.7 Å². The fourth-order valence-electron chi connectivity index (χ4n) is 2.46. The summed E-state index contributed by atoms with van der Waals surface area (Å²) in [5.74, 6) is -0.451. The molecule has 2 aromatic heterocycles. The Labute approximate surface area is 169 Å². The molecule has 144 valence electrons. The van der Waals surface area contributed by atoms with Crippen LogP contribution >= 0.6 is 34.3 Å². The first-order valence-corrected chi connectivity index (χ1v) is 11.5. The Hall–Kier alpha value is -1.68. The van der Waals surface area contributed by atoms with Crippen molar-refractivity contribution in [1.82, 2.24) is 4.57 Å². The molecule has 3 aromatic rings.